The van der Waals surface area contributed by atoms with Gasteiger partial charge in [-0.1, -0.05) is 48.0 Å². The molecular weight excluding hydrogens is 319 g/mol. The number of halogens is 2. The van der Waals surface area contributed by atoms with E-state index in [1.807, 2.05) is 35.2 Å². The highest BCUT2D eigenvalue weighted by Gasteiger charge is 2.41. The highest BCUT2D eigenvalue weighted by molar-refractivity contribution is 6.30. The van der Waals surface area contributed by atoms with Gasteiger partial charge in [0.2, 0.25) is 6.04 Å². The topological polar surface area (TPSA) is 46.4 Å². The van der Waals surface area contributed by atoms with Gasteiger partial charge >= 0.3 is 0 Å². The van der Waals surface area contributed by atoms with Gasteiger partial charge in [-0.15, -0.1) is 0 Å². The molecule has 1 fully saturated rings. The zero-order valence-electron chi connectivity index (χ0n) is 12.4. The summed E-state index contributed by atoms with van der Waals surface area (Å²) in [6.45, 7) is 1.54. The van der Waals surface area contributed by atoms with E-state index >= 15 is 0 Å². The lowest BCUT2D eigenvalue weighted by Gasteiger charge is -2.15. The maximum Gasteiger partial charge on any atom is 0.233 e. The third-order valence-electron chi connectivity index (χ3n) is 4.26. The summed E-state index contributed by atoms with van der Waals surface area (Å²) in [6, 6.07) is 13.5. The molecule has 4 nitrogen and oxygen atoms in total. The molecule has 0 radical (unpaired) electrons. The monoisotopic (exact) mass is 334 g/mol. The largest absolute Gasteiger partial charge is 0.292 e. The Labute approximate surface area is 138 Å². The van der Waals surface area contributed by atoms with Gasteiger partial charge in [0.25, 0.3) is 0 Å². The molecule has 0 N–H and O–H groups in total. The minimum Gasteiger partial charge on any atom is -0.292 e. The molecule has 0 bridgehead atoms. The fourth-order valence-electron chi connectivity index (χ4n) is 3.12. The smallest absolute Gasteiger partial charge is 0.233 e. The number of rotatable bonds is 4. The fourth-order valence-corrected chi connectivity index (χ4v) is 3.24. The first kappa shape index (κ1) is 15.9. The summed E-state index contributed by atoms with van der Waals surface area (Å²) < 4.78 is 13.7. The van der Waals surface area contributed by atoms with E-state index in [9.17, 15) is 14.5 Å². The quantitative estimate of drug-likeness (QED) is 0.632. The van der Waals surface area contributed by atoms with Gasteiger partial charge < -0.3 is 0 Å². The van der Waals surface area contributed by atoms with Crippen molar-refractivity contribution in [3.8, 4) is 0 Å². The summed E-state index contributed by atoms with van der Waals surface area (Å²) in [5.41, 5.74) is 1.74. The van der Waals surface area contributed by atoms with Crippen molar-refractivity contribution in [2.24, 2.45) is 0 Å². The summed E-state index contributed by atoms with van der Waals surface area (Å²) in [5.74, 6) is -0.867. The van der Waals surface area contributed by atoms with Crippen molar-refractivity contribution >= 4 is 11.6 Å². The van der Waals surface area contributed by atoms with E-state index in [4.69, 9.17) is 11.6 Å². The van der Waals surface area contributed by atoms with E-state index in [0.29, 0.717) is 25.2 Å². The SMILES string of the molecule is O=[N+]([O-])C1CN(Cc2ccccc2)CC1c1ccc(Cl)c(F)c1. The van der Waals surface area contributed by atoms with Crippen LogP contribution in [-0.4, -0.2) is 29.0 Å². The number of nitrogens with zero attached hydrogens (tertiary/aromatic N) is 2. The van der Waals surface area contributed by atoms with E-state index in [1.54, 1.807) is 6.07 Å². The van der Waals surface area contributed by atoms with E-state index in [0.717, 1.165) is 5.56 Å². The van der Waals surface area contributed by atoms with Crippen LogP contribution in [0.3, 0.4) is 0 Å². The molecule has 1 heterocycles. The molecule has 23 heavy (non-hydrogen) atoms. The molecule has 0 spiro atoms. The summed E-state index contributed by atoms with van der Waals surface area (Å²) in [4.78, 5) is 13.2. The molecular formula is C17H16ClFN2O2. The molecule has 2 atom stereocenters. The van der Waals surface area contributed by atoms with E-state index in [1.165, 1.54) is 12.1 Å². The second-order valence-corrected chi connectivity index (χ2v) is 6.22. The average molecular weight is 335 g/mol. The maximum atomic E-state index is 13.7. The molecule has 1 aliphatic rings. The second kappa shape index (κ2) is 6.64. The molecule has 0 saturated carbocycles. The van der Waals surface area contributed by atoms with Crippen molar-refractivity contribution in [1.29, 1.82) is 0 Å². The Balaban J connectivity index is 1.81. The highest BCUT2D eigenvalue weighted by atomic mass is 35.5. The Morgan fingerprint density at radius 1 is 1.22 bits per heavy atom. The molecule has 0 aromatic heterocycles. The molecule has 0 amide bonds. The second-order valence-electron chi connectivity index (χ2n) is 5.81. The van der Waals surface area contributed by atoms with Crippen molar-refractivity contribution in [3.05, 3.63) is 80.6 Å². The summed E-state index contributed by atoms with van der Waals surface area (Å²) >= 11 is 5.70. The van der Waals surface area contributed by atoms with Crippen LogP contribution in [0.15, 0.2) is 48.5 Å². The Kier molecular flexibility index (Phi) is 4.59. The van der Waals surface area contributed by atoms with Gasteiger partial charge in [-0.2, -0.15) is 0 Å². The fraction of sp³-hybridized carbons (Fsp3) is 0.294. The third-order valence-corrected chi connectivity index (χ3v) is 4.56. The van der Waals surface area contributed by atoms with Crippen molar-refractivity contribution in [2.45, 2.75) is 18.5 Å². The number of benzene rings is 2. The van der Waals surface area contributed by atoms with Gasteiger partial charge in [0.15, 0.2) is 0 Å². The third kappa shape index (κ3) is 3.51. The van der Waals surface area contributed by atoms with E-state index in [-0.39, 0.29) is 15.9 Å². The van der Waals surface area contributed by atoms with Crippen molar-refractivity contribution in [3.63, 3.8) is 0 Å². The lowest BCUT2D eigenvalue weighted by atomic mass is 9.95. The molecule has 2 unspecified atom stereocenters. The van der Waals surface area contributed by atoms with Crippen LogP contribution in [0.25, 0.3) is 0 Å². The standard InChI is InChI=1S/C17H16ClFN2O2/c18-15-7-6-13(8-16(15)19)14-10-20(11-17(14)21(22)23)9-12-4-2-1-3-5-12/h1-8,14,17H,9-11H2. The van der Waals surface area contributed by atoms with Crippen LogP contribution >= 0.6 is 11.6 Å². The van der Waals surface area contributed by atoms with Crippen molar-refractivity contribution < 1.29 is 9.31 Å². The lowest BCUT2D eigenvalue weighted by Crippen LogP contribution is -2.28. The van der Waals surface area contributed by atoms with Crippen LogP contribution in [0.1, 0.15) is 17.0 Å². The molecule has 1 saturated heterocycles. The number of nitro groups is 1. The highest BCUT2D eigenvalue weighted by Crippen LogP contribution is 2.32. The zero-order valence-corrected chi connectivity index (χ0v) is 13.1. The van der Waals surface area contributed by atoms with Gasteiger partial charge in [0.05, 0.1) is 17.5 Å². The predicted molar refractivity (Wildman–Crippen MR) is 86.7 cm³/mol. The Morgan fingerprint density at radius 2 is 1.96 bits per heavy atom. The first-order valence-corrected chi connectivity index (χ1v) is 7.77. The van der Waals surface area contributed by atoms with Gasteiger partial charge in [-0.05, 0) is 23.3 Å². The summed E-state index contributed by atoms with van der Waals surface area (Å²) in [7, 11) is 0. The average Bonchev–Trinajstić information content (AvgIpc) is 2.95. The van der Waals surface area contributed by atoms with Crippen LogP contribution in [-0.2, 0) is 6.54 Å². The summed E-state index contributed by atoms with van der Waals surface area (Å²) in [5, 5.41) is 11.4. The van der Waals surface area contributed by atoms with Crippen LogP contribution < -0.4 is 0 Å². The van der Waals surface area contributed by atoms with Gasteiger partial charge in [-0.25, -0.2) is 4.39 Å². The van der Waals surface area contributed by atoms with Crippen LogP contribution in [0.2, 0.25) is 5.02 Å². The number of likely N-dealkylation sites (tertiary alicyclic amines) is 1. The van der Waals surface area contributed by atoms with Gasteiger partial charge in [0, 0.05) is 18.0 Å². The van der Waals surface area contributed by atoms with Crippen LogP contribution in [0.5, 0.6) is 0 Å². The van der Waals surface area contributed by atoms with E-state index < -0.39 is 11.9 Å². The van der Waals surface area contributed by atoms with Gasteiger partial charge in [-0.3, -0.25) is 15.0 Å². The first-order chi connectivity index (χ1) is 11.0. The zero-order chi connectivity index (χ0) is 16.4. The van der Waals surface area contributed by atoms with Gasteiger partial charge in [0.1, 0.15) is 5.82 Å². The Bertz CT molecular complexity index is 711. The van der Waals surface area contributed by atoms with Crippen molar-refractivity contribution in [2.75, 3.05) is 13.1 Å². The lowest BCUT2D eigenvalue weighted by molar-refractivity contribution is -0.521. The number of hydrogen-bond acceptors (Lipinski definition) is 3. The summed E-state index contributed by atoms with van der Waals surface area (Å²) in [6.07, 6.45) is 0. The molecule has 0 aliphatic carbocycles. The van der Waals surface area contributed by atoms with Crippen LogP contribution in [0.4, 0.5) is 4.39 Å². The first-order valence-electron chi connectivity index (χ1n) is 7.39. The minimum atomic E-state index is -0.737. The van der Waals surface area contributed by atoms with Crippen molar-refractivity contribution in [1.82, 2.24) is 4.90 Å². The Morgan fingerprint density at radius 3 is 2.61 bits per heavy atom. The molecule has 1 aliphatic heterocycles. The number of hydrogen-bond donors (Lipinski definition) is 0. The predicted octanol–water partition coefficient (Wildman–Crippen LogP) is 3.72. The molecule has 2 aromatic rings. The Hall–Kier alpha value is -1.98. The molecule has 6 heteroatoms. The van der Waals surface area contributed by atoms with Crippen LogP contribution in [0, 0.1) is 15.9 Å². The normalized spacial score (nSPS) is 21.5. The van der Waals surface area contributed by atoms with E-state index in [2.05, 4.69) is 0 Å². The molecule has 2 aromatic carbocycles. The molecule has 3 rings (SSSR count). The molecule has 120 valence electrons. The maximum absolute atomic E-state index is 13.7. The minimum absolute atomic E-state index is 0.0329.